The third kappa shape index (κ3) is 2.22. The van der Waals surface area contributed by atoms with Gasteiger partial charge in [0.1, 0.15) is 12.2 Å². The zero-order chi connectivity index (χ0) is 11.5. The maximum atomic E-state index is 12.7. The second-order valence-electron chi connectivity index (χ2n) is 3.18. The van der Waals surface area contributed by atoms with Gasteiger partial charge in [0.15, 0.2) is 11.6 Å². The highest BCUT2D eigenvalue weighted by Crippen LogP contribution is 2.14. The minimum Gasteiger partial charge on any atom is -0.481 e. The Kier molecular flexibility index (Phi) is 2.63. The van der Waals surface area contributed by atoms with Gasteiger partial charge in [0.25, 0.3) is 0 Å². The van der Waals surface area contributed by atoms with Crippen LogP contribution in [0.3, 0.4) is 0 Å². The molecule has 1 aromatic carbocycles. The van der Waals surface area contributed by atoms with Gasteiger partial charge in [-0.2, -0.15) is 5.10 Å². The summed E-state index contributed by atoms with van der Waals surface area (Å²) in [7, 11) is 0. The first-order valence-corrected chi connectivity index (χ1v) is 4.54. The third-order valence-electron chi connectivity index (χ3n) is 1.96. The summed E-state index contributed by atoms with van der Waals surface area (Å²) in [6.07, 6.45) is -0.238. The number of carboxylic acids is 1. The predicted molar refractivity (Wildman–Crippen MR) is 53.1 cm³/mol. The van der Waals surface area contributed by atoms with Gasteiger partial charge in [0.05, 0.1) is 0 Å². The van der Waals surface area contributed by atoms with E-state index in [-0.39, 0.29) is 18.1 Å². The summed E-state index contributed by atoms with van der Waals surface area (Å²) in [6.45, 7) is 0. The summed E-state index contributed by atoms with van der Waals surface area (Å²) in [5.74, 6) is -0.707. The van der Waals surface area contributed by atoms with Crippen LogP contribution in [0.15, 0.2) is 24.3 Å². The van der Waals surface area contributed by atoms with E-state index in [1.54, 1.807) is 12.1 Å². The van der Waals surface area contributed by atoms with E-state index in [9.17, 15) is 9.18 Å². The predicted octanol–water partition coefficient (Wildman–Crippen LogP) is 1.24. The summed E-state index contributed by atoms with van der Waals surface area (Å²) >= 11 is 0. The molecule has 2 rings (SSSR count). The molecule has 0 bridgehead atoms. The normalized spacial score (nSPS) is 10.3. The average molecular weight is 221 g/mol. The van der Waals surface area contributed by atoms with Crippen molar-refractivity contribution in [3.63, 3.8) is 0 Å². The minimum atomic E-state index is -0.996. The van der Waals surface area contributed by atoms with Gasteiger partial charge in [-0.05, 0) is 24.3 Å². The van der Waals surface area contributed by atoms with Gasteiger partial charge in [-0.15, -0.1) is 0 Å². The summed E-state index contributed by atoms with van der Waals surface area (Å²) in [5.41, 5.74) is 0.658. The summed E-state index contributed by atoms with van der Waals surface area (Å²) < 4.78 is 12.7. The Hall–Kier alpha value is -2.24. The molecule has 0 aliphatic rings. The van der Waals surface area contributed by atoms with Crippen LogP contribution in [0.1, 0.15) is 5.82 Å². The van der Waals surface area contributed by atoms with Crippen LogP contribution in [0.4, 0.5) is 4.39 Å². The third-order valence-corrected chi connectivity index (χ3v) is 1.96. The zero-order valence-corrected chi connectivity index (χ0v) is 8.14. The van der Waals surface area contributed by atoms with Crippen molar-refractivity contribution in [2.75, 3.05) is 0 Å². The van der Waals surface area contributed by atoms with Crippen molar-refractivity contribution >= 4 is 5.97 Å². The number of aromatic nitrogens is 3. The number of carboxylic acid groups (broad SMARTS) is 1. The van der Waals surface area contributed by atoms with E-state index in [1.807, 2.05) is 0 Å². The van der Waals surface area contributed by atoms with Crippen LogP contribution in [0.25, 0.3) is 11.4 Å². The Balaban J connectivity index is 2.24. The topological polar surface area (TPSA) is 78.9 Å². The van der Waals surface area contributed by atoms with Crippen LogP contribution in [0.5, 0.6) is 0 Å². The molecule has 0 atom stereocenters. The van der Waals surface area contributed by atoms with Crippen LogP contribution in [-0.4, -0.2) is 26.3 Å². The van der Waals surface area contributed by atoms with Gasteiger partial charge >= 0.3 is 5.97 Å². The number of hydrogen-bond acceptors (Lipinski definition) is 3. The van der Waals surface area contributed by atoms with Gasteiger partial charge in [0, 0.05) is 5.56 Å². The summed E-state index contributed by atoms with van der Waals surface area (Å²) in [5, 5.41) is 14.9. The van der Waals surface area contributed by atoms with E-state index in [4.69, 9.17) is 5.11 Å². The average Bonchev–Trinajstić information content (AvgIpc) is 2.66. The summed E-state index contributed by atoms with van der Waals surface area (Å²) in [4.78, 5) is 14.4. The first kappa shape index (κ1) is 10.3. The number of hydrogen-bond donors (Lipinski definition) is 2. The molecule has 0 aliphatic carbocycles. The molecule has 1 heterocycles. The molecule has 16 heavy (non-hydrogen) atoms. The number of carbonyl (C=O) groups is 1. The Morgan fingerprint density at radius 1 is 1.38 bits per heavy atom. The van der Waals surface area contributed by atoms with E-state index in [0.29, 0.717) is 11.4 Å². The lowest BCUT2D eigenvalue weighted by atomic mass is 10.2. The maximum absolute atomic E-state index is 12.7. The number of H-pyrrole nitrogens is 1. The monoisotopic (exact) mass is 221 g/mol. The molecule has 0 fully saturated rings. The molecule has 0 saturated carbocycles. The molecule has 0 unspecified atom stereocenters. The van der Waals surface area contributed by atoms with Gasteiger partial charge < -0.3 is 5.11 Å². The molecule has 0 aliphatic heterocycles. The van der Waals surface area contributed by atoms with Crippen molar-refractivity contribution < 1.29 is 14.3 Å². The van der Waals surface area contributed by atoms with Crippen molar-refractivity contribution in [3.05, 3.63) is 35.9 Å². The van der Waals surface area contributed by atoms with E-state index in [1.165, 1.54) is 12.1 Å². The van der Waals surface area contributed by atoms with E-state index < -0.39 is 5.97 Å². The Labute approximate surface area is 90.0 Å². The fourth-order valence-electron chi connectivity index (χ4n) is 1.25. The number of aromatic amines is 1. The minimum absolute atomic E-state index is 0.201. The molecule has 6 heteroatoms. The maximum Gasteiger partial charge on any atom is 0.311 e. The highest BCUT2D eigenvalue weighted by Gasteiger charge is 2.08. The Bertz CT molecular complexity index is 507. The SMILES string of the molecule is O=C(O)Cc1n[nH]c(-c2ccc(F)cc2)n1. The van der Waals surface area contributed by atoms with E-state index >= 15 is 0 Å². The lowest BCUT2D eigenvalue weighted by Gasteiger charge is -1.94. The van der Waals surface area contributed by atoms with E-state index in [0.717, 1.165) is 0 Å². The second-order valence-corrected chi connectivity index (χ2v) is 3.18. The largest absolute Gasteiger partial charge is 0.481 e. The number of nitrogens with one attached hydrogen (secondary N) is 1. The van der Waals surface area contributed by atoms with Gasteiger partial charge in [-0.25, -0.2) is 9.37 Å². The number of halogens is 1. The van der Waals surface area contributed by atoms with Gasteiger partial charge in [-0.3, -0.25) is 9.89 Å². The van der Waals surface area contributed by atoms with Crippen molar-refractivity contribution in [2.45, 2.75) is 6.42 Å². The van der Waals surface area contributed by atoms with E-state index in [2.05, 4.69) is 15.2 Å². The molecule has 0 radical (unpaired) electrons. The lowest BCUT2D eigenvalue weighted by molar-refractivity contribution is -0.136. The highest BCUT2D eigenvalue weighted by atomic mass is 19.1. The first-order valence-electron chi connectivity index (χ1n) is 4.54. The highest BCUT2D eigenvalue weighted by molar-refractivity contribution is 5.69. The lowest BCUT2D eigenvalue weighted by Crippen LogP contribution is -2.01. The Morgan fingerprint density at radius 2 is 2.06 bits per heavy atom. The van der Waals surface area contributed by atoms with Crippen LogP contribution < -0.4 is 0 Å². The van der Waals surface area contributed by atoms with Crippen molar-refractivity contribution in [1.29, 1.82) is 0 Å². The molecule has 1 aromatic heterocycles. The van der Waals surface area contributed by atoms with Crippen molar-refractivity contribution in [1.82, 2.24) is 15.2 Å². The standard InChI is InChI=1S/C10H8FN3O2/c11-7-3-1-6(2-4-7)10-12-8(13-14-10)5-9(15)16/h1-4H,5H2,(H,15,16)(H,12,13,14). The quantitative estimate of drug-likeness (QED) is 0.817. The number of aliphatic carboxylic acids is 1. The first-order chi connectivity index (χ1) is 7.65. The van der Waals surface area contributed by atoms with Crippen LogP contribution in [0, 0.1) is 5.82 Å². The molecule has 82 valence electrons. The van der Waals surface area contributed by atoms with Gasteiger partial charge in [0.2, 0.25) is 0 Å². The number of rotatable bonds is 3. The molecule has 2 N–H and O–H groups in total. The molecular formula is C10H8FN3O2. The molecule has 0 spiro atoms. The smallest absolute Gasteiger partial charge is 0.311 e. The van der Waals surface area contributed by atoms with Crippen molar-refractivity contribution in [3.8, 4) is 11.4 Å². The fraction of sp³-hybridized carbons (Fsp3) is 0.100. The molecular weight excluding hydrogens is 213 g/mol. The number of nitrogens with zero attached hydrogens (tertiary/aromatic N) is 2. The summed E-state index contributed by atoms with van der Waals surface area (Å²) in [6, 6.07) is 5.68. The van der Waals surface area contributed by atoms with Crippen LogP contribution >= 0.6 is 0 Å². The molecule has 5 nitrogen and oxygen atoms in total. The van der Waals surface area contributed by atoms with Crippen molar-refractivity contribution in [2.24, 2.45) is 0 Å². The van der Waals surface area contributed by atoms with Gasteiger partial charge in [-0.1, -0.05) is 0 Å². The molecule has 2 aromatic rings. The van der Waals surface area contributed by atoms with Crippen LogP contribution in [-0.2, 0) is 11.2 Å². The fourth-order valence-corrected chi connectivity index (χ4v) is 1.25. The molecule has 0 saturated heterocycles. The van der Waals surface area contributed by atoms with Crippen LogP contribution in [0.2, 0.25) is 0 Å². The zero-order valence-electron chi connectivity index (χ0n) is 8.14. The second kappa shape index (κ2) is 4.09. The Morgan fingerprint density at radius 3 is 2.69 bits per heavy atom. The molecule has 0 amide bonds. The number of benzene rings is 1.